The number of sulfone groups is 1. The van der Waals surface area contributed by atoms with Gasteiger partial charge in [-0.1, -0.05) is 46.3 Å². The summed E-state index contributed by atoms with van der Waals surface area (Å²) in [6.45, 7) is 0. The minimum Gasteiger partial charge on any atom is -0.222 e. The molecule has 0 spiro atoms. The molecule has 0 fully saturated rings. The minimum absolute atomic E-state index is 0.249. The van der Waals surface area contributed by atoms with Crippen LogP contribution in [0.15, 0.2) is 59.5 Å². The SMILES string of the molecule is N#Cc1cccc(C(Br)S(=O)(=O)c2ccccc2)c1. The maximum Gasteiger partial charge on any atom is 0.195 e. The van der Waals surface area contributed by atoms with Crippen molar-refractivity contribution in [2.75, 3.05) is 0 Å². The van der Waals surface area contributed by atoms with Crippen molar-refractivity contribution in [3.8, 4) is 6.07 Å². The second-order valence-corrected chi connectivity index (χ2v) is 7.47. The number of benzene rings is 2. The maximum atomic E-state index is 12.4. The van der Waals surface area contributed by atoms with Crippen molar-refractivity contribution in [1.29, 1.82) is 5.26 Å². The van der Waals surface area contributed by atoms with E-state index in [0.29, 0.717) is 11.1 Å². The highest BCUT2D eigenvalue weighted by atomic mass is 79.9. The molecule has 0 aromatic heterocycles. The lowest BCUT2D eigenvalue weighted by Gasteiger charge is -2.12. The smallest absolute Gasteiger partial charge is 0.195 e. The molecule has 0 aliphatic rings. The molecule has 0 radical (unpaired) electrons. The number of nitrogens with zero attached hydrogens (tertiary/aromatic N) is 1. The van der Waals surface area contributed by atoms with Gasteiger partial charge in [0.25, 0.3) is 0 Å². The maximum absolute atomic E-state index is 12.4. The fourth-order valence-electron chi connectivity index (χ4n) is 1.66. The summed E-state index contributed by atoms with van der Waals surface area (Å²) in [6.07, 6.45) is 0. The predicted octanol–water partition coefficient (Wildman–Crippen LogP) is 3.43. The quantitative estimate of drug-likeness (QED) is 0.807. The topological polar surface area (TPSA) is 57.9 Å². The van der Waals surface area contributed by atoms with Crippen LogP contribution in [0, 0.1) is 11.3 Å². The van der Waals surface area contributed by atoms with Gasteiger partial charge in [0.2, 0.25) is 0 Å². The van der Waals surface area contributed by atoms with E-state index in [1.54, 1.807) is 54.6 Å². The molecule has 2 aromatic rings. The molecular weight excluding hydrogens is 326 g/mol. The van der Waals surface area contributed by atoms with Crippen LogP contribution in [0.25, 0.3) is 0 Å². The van der Waals surface area contributed by atoms with E-state index in [1.165, 1.54) is 0 Å². The van der Waals surface area contributed by atoms with Crippen molar-refractivity contribution in [2.24, 2.45) is 0 Å². The lowest BCUT2D eigenvalue weighted by Crippen LogP contribution is -2.08. The zero-order valence-corrected chi connectivity index (χ0v) is 12.2. The zero-order valence-electron chi connectivity index (χ0n) is 9.82. The normalized spacial score (nSPS) is 12.6. The Bertz CT molecular complexity index is 721. The Hall–Kier alpha value is -1.64. The molecule has 0 amide bonds. The van der Waals surface area contributed by atoms with Crippen LogP contribution in [0.4, 0.5) is 0 Å². The van der Waals surface area contributed by atoms with Crippen LogP contribution < -0.4 is 0 Å². The Kier molecular flexibility index (Phi) is 4.03. The Balaban J connectivity index is 2.44. The van der Waals surface area contributed by atoms with E-state index in [1.807, 2.05) is 6.07 Å². The molecule has 96 valence electrons. The zero-order chi connectivity index (χ0) is 13.9. The van der Waals surface area contributed by atoms with E-state index in [4.69, 9.17) is 5.26 Å². The second-order valence-electron chi connectivity index (χ2n) is 3.91. The second kappa shape index (κ2) is 5.55. The summed E-state index contributed by atoms with van der Waals surface area (Å²) < 4.78 is 23.9. The molecule has 0 saturated heterocycles. The highest BCUT2D eigenvalue weighted by Gasteiger charge is 2.26. The summed E-state index contributed by atoms with van der Waals surface area (Å²) >= 11 is 3.21. The first-order valence-electron chi connectivity index (χ1n) is 5.49. The van der Waals surface area contributed by atoms with E-state index in [2.05, 4.69) is 15.9 Å². The molecule has 0 aliphatic carbocycles. The summed E-state index contributed by atoms with van der Waals surface area (Å²) in [4.78, 5) is 0.249. The summed E-state index contributed by atoms with van der Waals surface area (Å²) in [5.74, 6) is 0. The van der Waals surface area contributed by atoms with Crippen LogP contribution in [0.5, 0.6) is 0 Å². The highest BCUT2D eigenvalue weighted by Crippen LogP contribution is 2.34. The molecule has 0 saturated carbocycles. The molecule has 0 aliphatic heterocycles. The highest BCUT2D eigenvalue weighted by molar-refractivity contribution is 9.10. The van der Waals surface area contributed by atoms with Gasteiger partial charge in [-0.25, -0.2) is 8.42 Å². The van der Waals surface area contributed by atoms with Gasteiger partial charge in [-0.2, -0.15) is 5.26 Å². The van der Waals surface area contributed by atoms with Crippen molar-refractivity contribution < 1.29 is 8.42 Å². The number of rotatable bonds is 3. The van der Waals surface area contributed by atoms with Crippen LogP contribution in [-0.4, -0.2) is 8.42 Å². The number of halogens is 1. The van der Waals surface area contributed by atoms with Crippen LogP contribution in [0.2, 0.25) is 0 Å². The average Bonchev–Trinajstić information content (AvgIpc) is 2.47. The summed E-state index contributed by atoms with van der Waals surface area (Å²) in [5.41, 5.74) is 0.980. The molecule has 19 heavy (non-hydrogen) atoms. The van der Waals surface area contributed by atoms with Gasteiger partial charge in [0.1, 0.15) is 4.16 Å². The minimum atomic E-state index is -3.51. The van der Waals surface area contributed by atoms with Gasteiger partial charge in [0, 0.05) is 0 Å². The first-order chi connectivity index (χ1) is 9.05. The van der Waals surface area contributed by atoms with E-state index in [9.17, 15) is 8.42 Å². The van der Waals surface area contributed by atoms with Gasteiger partial charge in [-0.05, 0) is 29.8 Å². The third kappa shape index (κ3) is 2.86. The Morgan fingerprint density at radius 3 is 2.37 bits per heavy atom. The molecule has 5 heteroatoms. The van der Waals surface area contributed by atoms with Crippen LogP contribution >= 0.6 is 15.9 Å². The lowest BCUT2D eigenvalue weighted by molar-refractivity contribution is 0.595. The van der Waals surface area contributed by atoms with E-state index < -0.39 is 14.0 Å². The number of alkyl halides is 1. The first-order valence-corrected chi connectivity index (χ1v) is 7.95. The monoisotopic (exact) mass is 335 g/mol. The van der Waals surface area contributed by atoms with Crippen LogP contribution in [0.3, 0.4) is 0 Å². The van der Waals surface area contributed by atoms with E-state index in [-0.39, 0.29) is 4.90 Å². The van der Waals surface area contributed by atoms with Gasteiger partial charge in [0.15, 0.2) is 9.84 Å². The third-order valence-electron chi connectivity index (χ3n) is 2.62. The number of nitriles is 1. The Labute approximate surface area is 120 Å². The van der Waals surface area contributed by atoms with Gasteiger partial charge in [-0.3, -0.25) is 0 Å². The average molecular weight is 336 g/mol. The third-order valence-corrected chi connectivity index (χ3v) is 6.37. The Morgan fingerprint density at radius 2 is 1.74 bits per heavy atom. The van der Waals surface area contributed by atoms with Gasteiger partial charge >= 0.3 is 0 Å². The summed E-state index contributed by atoms with van der Waals surface area (Å²) in [7, 11) is -3.51. The molecule has 0 bridgehead atoms. The fraction of sp³-hybridized carbons (Fsp3) is 0.0714. The molecule has 0 N–H and O–H groups in total. The fourth-order valence-corrected chi connectivity index (χ4v) is 3.87. The van der Waals surface area contributed by atoms with Crippen molar-refractivity contribution in [3.05, 3.63) is 65.7 Å². The number of hydrogen-bond donors (Lipinski definition) is 0. The standard InChI is InChI=1S/C14H10BrNO2S/c15-14(12-6-4-5-11(9-12)10-16)19(17,18)13-7-2-1-3-8-13/h1-9,14H. The van der Waals surface area contributed by atoms with E-state index in [0.717, 1.165) is 0 Å². The van der Waals surface area contributed by atoms with Crippen LogP contribution in [0.1, 0.15) is 15.3 Å². The van der Waals surface area contributed by atoms with E-state index >= 15 is 0 Å². The summed E-state index contributed by atoms with van der Waals surface area (Å²) in [5, 5.41) is 8.85. The Morgan fingerprint density at radius 1 is 1.05 bits per heavy atom. The van der Waals surface area contributed by atoms with Crippen molar-refractivity contribution >= 4 is 25.8 Å². The molecular formula is C14H10BrNO2S. The van der Waals surface area contributed by atoms with Crippen molar-refractivity contribution in [1.82, 2.24) is 0 Å². The number of hydrogen-bond acceptors (Lipinski definition) is 3. The van der Waals surface area contributed by atoms with Crippen LogP contribution in [-0.2, 0) is 9.84 Å². The predicted molar refractivity (Wildman–Crippen MR) is 76.5 cm³/mol. The largest absolute Gasteiger partial charge is 0.222 e. The van der Waals surface area contributed by atoms with Crippen molar-refractivity contribution in [2.45, 2.75) is 9.05 Å². The van der Waals surface area contributed by atoms with Gasteiger partial charge in [0.05, 0.1) is 16.5 Å². The van der Waals surface area contributed by atoms with Gasteiger partial charge < -0.3 is 0 Å². The molecule has 2 rings (SSSR count). The molecule has 2 aromatic carbocycles. The van der Waals surface area contributed by atoms with Crippen molar-refractivity contribution in [3.63, 3.8) is 0 Å². The molecule has 1 atom stereocenters. The molecule has 0 heterocycles. The molecule has 3 nitrogen and oxygen atoms in total. The van der Waals surface area contributed by atoms with Gasteiger partial charge in [-0.15, -0.1) is 0 Å². The first kappa shape index (κ1) is 13.8. The lowest BCUT2D eigenvalue weighted by atomic mass is 10.2. The summed E-state index contributed by atoms with van der Waals surface area (Å²) in [6, 6.07) is 16.8. The molecule has 1 unspecified atom stereocenters.